The van der Waals surface area contributed by atoms with Crippen molar-refractivity contribution in [2.75, 3.05) is 0 Å². The van der Waals surface area contributed by atoms with E-state index in [4.69, 9.17) is 0 Å². The fourth-order valence-corrected chi connectivity index (χ4v) is 5.16. The first-order chi connectivity index (χ1) is 12.3. The summed E-state index contributed by atoms with van der Waals surface area (Å²) in [6, 6.07) is 27.1. The Morgan fingerprint density at radius 3 is 1.48 bits per heavy atom. The summed E-state index contributed by atoms with van der Waals surface area (Å²) in [5, 5.41) is 5.67. The standard InChI is InChI=1S/C24H20N/c1-3-7-21-17(5-1)9-11-19-13-25(15-23(19)21)14-20-12-10-18-6-2-4-8-22(18)24(20)16-25/h1-12H,13-16H2/q+1. The lowest BCUT2D eigenvalue weighted by Crippen LogP contribution is -2.36. The molecule has 0 bridgehead atoms. The summed E-state index contributed by atoms with van der Waals surface area (Å²) in [6.07, 6.45) is 0. The zero-order chi connectivity index (χ0) is 16.4. The minimum Gasteiger partial charge on any atom is -0.309 e. The van der Waals surface area contributed by atoms with Crippen molar-refractivity contribution >= 4 is 21.5 Å². The molecule has 0 aliphatic carbocycles. The molecule has 0 unspecified atom stereocenters. The van der Waals surface area contributed by atoms with Crippen molar-refractivity contribution in [1.29, 1.82) is 0 Å². The second kappa shape index (κ2) is 4.71. The van der Waals surface area contributed by atoms with Crippen molar-refractivity contribution in [3.05, 3.63) is 95.1 Å². The van der Waals surface area contributed by atoms with E-state index in [1.165, 1.54) is 52.2 Å². The molecule has 6 rings (SSSR count). The molecule has 120 valence electrons. The van der Waals surface area contributed by atoms with Crippen molar-refractivity contribution in [3.8, 4) is 0 Å². The van der Waals surface area contributed by atoms with Gasteiger partial charge in [-0.1, -0.05) is 72.8 Å². The first-order valence-corrected chi connectivity index (χ1v) is 9.16. The lowest BCUT2D eigenvalue weighted by Gasteiger charge is -2.28. The van der Waals surface area contributed by atoms with E-state index in [-0.39, 0.29) is 0 Å². The molecule has 0 N–H and O–H groups in total. The fraction of sp³-hybridized carbons (Fsp3) is 0.167. The Morgan fingerprint density at radius 1 is 0.480 bits per heavy atom. The molecule has 0 atom stereocenters. The molecule has 4 aromatic rings. The van der Waals surface area contributed by atoms with Gasteiger partial charge in [-0.15, -0.1) is 0 Å². The third kappa shape index (κ3) is 1.87. The van der Waals surface area contributed by atoms with E-state index < -0.39 is 0 Å². The number of fused-ring (bicyclic) bond motifs is 6. The van der Waals surface area contributed by atoms with Crippen molar-refractivity contribution < 1.29 is 4.48 Å². The van der Waals surface area contributed by atoms with Gasteiger partial charge in [0.25, 0.3) is 0 Å². The van der Waals surface area contributed by atoms with Gasteiger partial charge in [0.15, 0.2) is 0 Å². The van der Waals surface area contributed by atoms with Crippen molar-refractivity contribution in [1.82, 2.24) is 0 Å². The van der Waals surface area contributed by atoms with Crippen LogP contribution in [0.25, 0.3) is 21.5 Å². The Kier molecular flexibility index (Phi) is 2.57. The molecule has 0 saturated heterocycles. The Bertz CT molecular complexity index is 1060. The summed E-state index contributed by atoms with van der Waals surface area (Å²) < 4.78 is 1.17. The number of benzene rings is 4. The van der Waals surface area contributed by atoms with E-state index in [2.05, 4.69) is 72.8 Å². The summed E-state index contributed by atoms with van der Waals surface area (Å²) >= 11 is 0. The average Bonchev–Trinajstić information content (AvgIpc) is 3.21. The predicted molar refractivity (Wildman–Crippen MR) is 103 cm³/mol. The van der Waals surface area contributed by atoms with Crippen molar-refractivity contribution in [2.24, 2.45) is 0 Å². The maximum atomic E-state index is 2.37. The number of hydrogen-bond donors (Lipinski definition) is 0. The molecular formula is C24H20N+. The van der Waals surface area contributed by atoms with Crippen LogP contribution >= 0.6 is 0 Å². The van der Waals surface area contributed by atoms with E-state index in [0.29, 0.717) is 0 Å². The molecule has 0 radical (unpaired) electrons. The number of hydrogen-bond acceptors (Lipinski definition) is 0. The van der Waals surface area contributed by atoms with Crippen LogP contribution in [0.2, 0.25) is 0 Å². The second-order valence-corrected chi connectivity index (χ2v) is 7.82. The van der Waals surface area contributed by atoms with Crippen LogP contribution in [0.1, 0.15) is 22.3 Å². The van der Waals surface area contributed by atoms with Crippen LogP contribution in [0.3, 0.4) is 0 Å². The van der Waals surface area contributed by atoms with Gasteiger partial charge in [0, 0.05) is 22.3 Å². The van der Waals surface area contributed by atoms with E-state index in [9.17, 15) is 0 Å². The van der Waals surface area contributed by atoms with Crippen molar-refractivity contribution in [3.63, 3.8) is 0 Å². The van der Waals surface area contributed by atoms with Gasteiger partial charge >= 0.3 is 0 Å². The number of nitrogens with zero attached hydrogens (tertiary/aromatic N) is 1. The first kappa shape index (κ1) is 13.6. The van der Waals surface area contributed by atoms with Crippen LogP contribution in [-0.2, 0) is 26.2 Å². The van der Waals surface area contributed by atoms with Crippen LogP contribution in [0.15, 0.2) is 72.8 Å². The monoisotopic (exact) mass is 322 g/mol. The van der Waals surface area contributed by atoms with Gasteiger partial charge in [-0.25, -0.2) is 0 Å². The minimum atomic E-state index is 1.17. The van der Waals surface area contributed by atoms with Gasteiger partial charge in [0.2, 0.25) is 0 Å². The molecule has 25 heavy (non-hydrogen) atoms. The van der Waals surface area contributed by atoms with Gasteiger partial charge in [-0.3, -0.25) is 0 Å². The van der Waals surface area contributed by atoms with E-state index in [1.807, 2.05) is 0 Å². The molecule has 0 aromatic heterocycles. The van der Waals surface area contributed by atoms with E-state index in [1.54, 1.807) is 22.3 Å². The topological polar surface area (TPSA) is 0 Å². The molecule has 2 aliphatic rings. The van der Waals surface area contributed by atoms with Gasteiger partial charge in [0.05, 0.1) is 0 Å². The van der Waals surface area contributed by atoms with Gasteiger partial charge in [-0.2, -0.15) is 0 Å². The largest absolute Gasteiger partial charge is 0.309 e. The van der Waals surface area contributed by atoms with Gasteiger partial charge < -0.3 is 4.48 Å². The molecule has 4 aromatic carbocycles. The Labute approximate surface area is 147 Å². The van der Waals surface area contributed by atoms with Crippen LogP contribution in [0, 0.1) is 0 Å². The van der Waals surface area contributed by atoms with Gasteiger partial charge in [-0.05, 0) is 21.5 Å². The first-order valence-electron chi connectivity index (χ1n) is 9.16. The summed E-state index contributed by atoms with van der Waals surface area (Å²) in [5.74, 6) is 0. The highest BCUT2D eigenvalue weighted by atomic mass is 15.4. The van der Waals surface area contributed by atoms with Crippen LogP contribution in [0.5, 0.6) is 0 Å². The average molecular weight is 322 g/mol. The Balaban J connectivity index is 1.48. The predicted octanol–water partition coefficient (Wildman–Crippen LogP) is 5.54. The Hall–Kier alpha value is -2.64. The number of rotatable bonds is 0. The minimum absolute atomic E-state index is 1.17. The molecule has 0 amide bonds. The number of quaternary nitrogens is 1. The molecule has 2 heterocycles. The Morgan fingerprint density at radius 2 is 0.960 bits per heavy atom. The summed E-state index contributed by atoms with van der Waals surface area (Å²) in [5.41, 5.74) is 6.26. The highest BCUT2D eigenvalue weighted by Crippen LogP contribution is 2.43. The molecule has 1 nitrogen and oxygen atoms in total. The summed E-state index contributed by atoms with van der Waals surface area (Å²) in [4.78, 5) is 0. The van der Waals surface area contributed by atoms with E-state index in [0.717, 1.165) is 0 Å². The molecule has 1 spiro atoms. The molecule has 0 fully saturated rings. The maximum Gasteiger partial charge on any atom is 0.106 e. The zero-order valence-electron chi connectivity index (χ0n) is 14.2. The third-order valence-electron chi connectivity index (χ3n) is 6.27. The highest BCUT2D eigenvalue weighted by molar-refractivity contribution is 5.88. The molecule has 2 aliphatic heterocycles. The second-order valence-electron chi connectivity index (χ2n) is 7.82. The lowest BCUT2D eigenvalue weighted by atomic mass is 10.0. The van der Waals surface area contributed by atoms with Gasteiger partial charge in [0.1, 0.15) is 26.2 Å². The normalized spacial score (nSPS) is 17.3. The SMILES string of the molecule is c1ccc2c3c(ccc2c1)C[N+]1(Cc2ccc4ccccc4c2C1)C3. The molecule has 1 heteroatoms. The molecular weight excluding hydrogens is 302 g/mol. The fourth-order valence-electron chi connectivity index (χ4n) is 5.16. The smallest absolute Gasteiger partial charge is 0.106 e. The van der Waals surface area contributed by atoms with Crippen LogP contribution in [0.4, 0.5) is 0 Å². The maximum absolute atomic E-state index is 2.37. The van der Waals surface area contributed by atoms with Crippen molar-refractivity contribution in [2.45, 2.75) is 26.2 Å². The zero-order valence-corrected chi connectivity index (χ0v) is 14.2. The summed E-state index contributed by atoms with van der Waals surface area (Å²) in [6.45, 7) is 4.67. The van der Waals surface area contributed by atoms with Crippen LogP contribution < -0.4 is 0 Å². The van der Waals surface area contributed by atoms with Crippen LogP contribution in [-0.4, -0.2) is 4.48 Å². The lowest BCUT2D eigenvalue weighted by molar-refractivity contribution is -0.966. The van der Waals surface area contributed by atoms with E-state index >= 15 is 0 Å². The third-order valence-corrected chi connectivity index (χ3v) is 6.27. The quantitative estimate of drug-likeness (QED) is 0.373. The highest BCUT2D eigenvalue weighted by Gasteiger charge is 2.42. The molecule has 0 saturated carbocycles. The summed E-state index contributed by atoms with van der Waals surface area (Å²) in [7, 11) is 0.